The maximum absolute atomic E-state index is 12.1. The number of esters is 1. The minimum atomic E-state index is -0.311. The molecular weight excluding hydrogens is 322 g/mol. The Morgan fingerprint density at radius 1 is 1.31 bits per heavy atom. The second-order valence-corrected chi connectivity index (χ2v) is 7.86. The Hall–Kier alpha value is -1.77. The van der Waals surface area contributed by atoms with E-state index < -0.39 is 0 Å². The molecule has 0 amide bonds. The number of methoxy groups -OCH3 is 1. The second kappa shape index (κ2) is 9.80. The summed E-state index contributed by atoms with van der Waals surface area (Å²) in [5.74, 6) is 1.68. The van der Waals surface area contributed by atoms with Gasteiger partial charge >= 0.3 is 5.97 Å². The molecule has 1 aliphatic rings. The molecular formula is C23H35NO2. The molecule has 144 valence electrons. The third-order valence-electron chi connectivity index (χ3n) is 6.08. The van der Waals surface area contributed by atoms with Gasteiger partial charge < -0.3 is 10.1 Å². The predicted octanol–water partition coefficient (Wildman–Crippen LogP) is 6.34. The number of carbonyl (C=O) groups excluding carboxylic acids is 1. The average Bonchev–Trinajstić information content (AvgIpc) is 2.84. The summed E-state index contributed by atoms with van der Waals surface area (Å²) < 4.78 is 4.94. The lowest BCUT2D eigenvalue weighted by Gasteiger charge is -2.28. The van der Waals surface area contributed by atoms with Gasteiger partial charge in [0, 0.05) is 5.70 Å². The Kier molecular flexibility index (Phi) is 7.74. The Balaban J connectivity index is 2.13. The van der Waals surface area contributed by atoms with Crippen LogP contribution in [0.2, 0.25) is 0 Å². The van der Waals surface area contributed by atoms with Crippen LogP contribution in [0.1, 0.15) is 74.7 Å². The fourth-order valence-electron chi connectivity index (χ4n) is 4.22. The molecule has 1 aromatic rings. The van der Waals surface area contributed by atoms with Gasteiger partial charge in [-0.05, 0) is 49.1 Å². The van der Waals surface area contributed by atoms with Gasteiger partial charge in [-0.1, -0.05) is 64.7 Å². The fraction of sp³-hybridized carbons (Fsp3) is 0.609. The maximum Gasteiger partial charge on any atom is 0.339 e. The number of hydrogen-bond donors (Lipinski definition) is 1. The number of hydrogen-bond acceptors (Lipinski definition) is 3. The topological polar surface area (TPSA) is 38.3 Å². The van der Waals surface area contributed by atoms with Gasteiger partial charge in [0.1, 0.15) is 0 Å². The molecule has 0 aromatic heterocycles. The molecule has 3 heteroatoms. The number of ether oxygens (including phenoxy) is 1. The van der Waals surface area contributed by atoms with Crippen molar-refractivity contribution in [3.63, 3.8) is 0 Å². The van der Waals surface area contributed by atoms with Gasteiger partial charge in [0.15, 0.2) is 0 Å². The predicted molar refractivity (Wildman–Crippen MR) is 109 cm³/mol. The molecule has 1 fully saturated rings. The lowest BCUT2D eigenvalue weighted by molar-refractivity contribution is 0.0602. The normalized spacial score (nSPS) is 21.5. The van der Waals surface area contributed by atoms with Crippen LogP contribution < -0.4 is 5.32 Å². The monoisotopic (exact) mass is 357 g/mol. The smallest absolute Gasteiger partial charge is 0.339 e. The summed E-state index contributed by atoms with van der Waals surface area (Å²) in [6.45, 7) is 11.0. The average molecular weight is 358 g/mol. The molecule has 0 saturated heterocycles. The van der Waals surface area contributed by atoms with E-state index in [1.807, 2.05) is 25.1 Å². The van der Waals surface area contributed by atoms with Crippen molar-refractivity contribution in [2.45, 2.75) is 65.7 Å². The first-order valence-electron chi connectivity index (χ1n) is 10.1. The van der Waals surface area contributed by atoms with Gasteiger partial charge in [0.05, 0.1) is 18.4 Å². The first kappa shape index (κ1) is 20.5. The number of nitrogens with one attached hydrogen (secondary N) is 1. The Morgan fingerprint density at radius 3 is 2.73 bits per heavy atom. The van der Waals surface area contributed by atoms with Crippen LogP contribution in [-0.4, -0.2) is 13.1 Å². The summed E-state index contributed by atoms with van der Waals surface area (Å²) in [6.07, 6.45) is 9.04. The zero-order chi connectivity index (χ0) is 19.1. The van der Waals surface area contributed by atoms with Gasteiger partial charge in [-0.2, -0.15) is 0 Å². The molecule has 1 aromatic carbocycles. The Bertz CT molecular complexity index is 623. The number of anilines is 1. The molecule has 0 bridgehead atoms. The maximum atomic E-state index is 12.1. The lowest BCUT2D eigenvalue weighted by atomic mass is 9.80. The summed E-state index contributed by atoms with van der Waals surface area (Å²) in [5, 5.41) is 3.47. The minimum absolute atomic E-state index is 0.311. The fourth-order valence-corrected chi connectivity index (χ4v) is 4.22. The second-order valence-electron chi connectivity index (χ2n) is 7.86. The minimum Gasteiger partial charge on any atom is -0.465 e. The zero-order valence-electron chi connectivity index (χ0n) is 16.9. The first-order valence-corrected chi connectivity index (χ1v) is 10.1. The van der Waals surface area contributed by atoms with Crippen molar-refractivity contribution in [3.8, 4) is 0 Å². The molecule has 0 radical (unpaired) electrons. The summed E-state index contributed by atoms with van der Waals surface area (Å²) in [4.78, 5) is 12.1. The molecule has 26 heavy (non-hydrogen) atoms. The van der Waals surface area contributed by atoms with E-state index in [1.54, 1.807) is 0 Å². The van der Waals surface area contributed by atoms with Gasteiger partial charge in [-0.15, -0.1) is 0 Å². The number of rotatable bonds is 7. The number of carbonyl (C=O) groups is 1. The van der Waals surface area contributed by atoms with Crippen LogP contribution >= 0.6 is 0 Å². The van der Waals surface area contributed by atoms with Gasteiger partial charge in [-0.3, -0.25) is 0 Å². The zero-order valence-corrected chi connectivity index (χ0v) is 16.9. The van der Waals surface area contributed by atoms with Crippen molar-refractivity contribution in [2.24, 2.45) is 17.8 Å². The molecule has 2 rings (SSSR count). The van der Waals surface area contributed by atoms with Gasteiger partial charge in [0.2, 0.25) is 0 Å². The van der Waals surface area contributed by atoms with Crippen LogP contribution in [0, 0.1) is 24.7 Å². The molecule has 0 aliphatic heterocycles. The lowest BCUT2D eigenvalue weighted by Crippen LogP contribution is -2.20. The van der Waals surface area contributed by atoms with Gasteiger partial charge in [0.25, 0.3) is 0 Å². The highest BCUT2D eigenvalue weighted by Crippen LogP contribution is 2.36. The molecule has 0 spiro atoms. The van der Waals surface area contributed by atoms with Crippen molar-refractivity contribution in [2.75, 3.05) is 12.4 Å². The van der Waals surface area contributed by atoms with Gasteiger partial charge in [-0.25, -0.2) is 4.79 Å². The summed E-state index contributed by atoms with van der Waals surface area (Å²) in [7, 11) is 1.42. The van der Waals surface area contributed by atoms with E-state index in [0.717, 1.165) is 35.2 Å². The summed E-state index contributed by atoms with van der Waals surface area (Å²) in [5.41, 5.74) is 3.46. The van der Waals surface area contributed by atoms with Crippen LogP contribution in [0.5, 0.6) is 0 Å². The highest BCUT2D eigenvalue weighted by atomic mass is 16.5. The largest absolute Gasteiger partial charge is 0.465 e. The van der Waals surface area contributed by atoms with Crippen molar-refractivity contribution in [3.05, 3.63) is 41.6 Å². The molecule has 3 unspecified atom stereocenters. The van der Waals surface area contributed by atoms with Crippen molar-refractivity contribution >= 4 is 11.7 Å². The van der Waals surface area contributed by atoms with E-state index in [-0.39, 0.29) is 5.97 Å². The van der Waals surface area contributed by atoms with Crippen LogP contribution in [0.15, 0.2) is 30.5 Å². The third kappa shape index (κ3) is 5.12. The van der Waals surface area contributed by atoms with E-state index in [9.17, 15) is 4.79 Å². The molecule has 3 atom stereocenters. The summed E-state index contributed by atoms with van der Waals surface area (Å²) in [6, 6.07) is 5.71. The standard InChI is InChI=1S/C23H35NO2/c1-6-19(15-20-13-9-7-8-11-16(20)2)18(4)24-22-17(3)12-10-14-21(22)23(25)26-5/h10,12,14,16,19-20,24H,4,6-9,11,13,15H2,1-3,5H3. The Labute approximate surface area is 159 Å². The molecule has 3 nitrogen and oxygen atoms in total. The van der Waals surface area contributed by atoms with E-state index in [1.165, 1.54) is 45.6 Å². The van der Waals surface area contributed by atoms with Crippen molar-refractivity contribution < 1.29 is 9.53 Å². The number of benzene rings is 1. The van der Waals surface area contributed by atoms with E-state index in [2.05, 4.69) is 25.7 Å². The van der Waals surface area contributed by atoms with Crippen LogP contribution in [0.4, 0.5) is 5.69 Å². The molecule has 1 N–H and O–H groups in total. The molecule has 1 aliphatic carbocycles. The molecule has 1 saturated carbocycles. The van der Waals surface area contributed by atoms with Crippen LogP contribution in [0.3, 0.4) is 0 Å². The SMILES string of the molecule is C=C(Nc1c(C)cccc1C(=O)OC)C(CC)CC1CCCCCC1C. The quantitative estimate of drug-likeness (QED) is 0.457. The van der Waals surface area contributed by atoms with Crippen LogP contribution in [-0.2, 0) is 4.74 Å². The van der Waals surface area contributed by atoms with Crippen molar-refractivity contribution in [1.29, 1.82) is 0 Å². The van der Waals surface area contributed by atoms with Crippen LogP contribution in [0.25, 0.3) is 0 Å². The highest BCUT2D eigenvalue weighted by molar-refractivity contribution is 5.96. The highest BCUT2D eigenvalue weighted by Gasteiger charge is 2.25. The molecule has 0 heterocycles. The number of aryl methyl sites for hydroxylation is 1. The van der Waals surface area contributed by atoms with Crippen molar-refractivity contribution in [1.82, 2.24) is 0 Å². The third-order valence-corrected chi connectivity index (χ3v) is 6.08. The van der Waals surface area contributed by atoms with E-state index >= 15 is 0 Å². The van der Waals surface area contributed by atoms with E-state index in [0.29, 0.717) is 11.5 Å². The number of para-hydroxylation sites is 1. The summed E-state index contributed by atoms with van der Waals surface area (Å²) >= 11 is 0. The first-order chi connectivity index (χ1) is 12.5. The van der Waals surface area contributed by atoms with E-state index in [4.69, 9.17) is 4.74 Å². The number of allylic oxidation sites excluding steroid dienone is 1. The Morgan fingerprint density at radius 2 is 2.04 bits per heavy atom.